The summed E-state index contributed by atoms with van der Waals surface area (Å²) in [5.74, 6) is 0.284. The lowest BCUT2D eigenvalue weighted by atomic mass is 10.0. The SMILES string of the molecule is C[C@@H](C(=O)Nc1ncccn1)N1CCC[C@H]1c1cccc(N(C)C)c1. The van der Waals surface area contributed by atoms with Crippen molar-refractivity contribution in [1.29, 1.82) is 0 Å². The molecule has 6 heteroatoms. The number of hydrogen-bond donors (Lipinski definition) is 1. The van der Waals surface area contributed by atoms with Crippen molar-refractivity contribution >= 4 is 17.5 Å². The predicted octanol–water partition coefficient (Wildman–Crippen LogP) is 2.71. The fourth-order valence-corrected chi connectivity index (χ4v) is 3.35. The molecule has 3 rings (SSSR count). The van der Waals surface area contributed by atoms with Gasteiger partial charge in [0.1, 0.15) is 0 Å². The molecule has 2 heterocycles. The van der Waals surface area contributed by atoms with E-state index in [-0.39, 0.29) is 18.0 Å². The fourth-order valence-electron chi connectivity index (χ4n) is 3.35. The van der Waals surface area contributed by atoms with Crippen LogP contribution in [0.25, 0.3) is 0 Å². The first-order valence-electron chi connectivity index (χ1n) is 8.67. The minimum Gasteiger partial charge on any atom is -0.378 e. The van der Waals surface area contributed by atoms with Gasteiger partial charge in [-0.05, 0) is 50.1 Å². The summed E-state index contributed by atoms with van der Waals surface area (Å²) >= 11 is 0. The van der Waals surface area contributed by atoms with Gasteiger partial charge < -0.3 is 4.90 Å². The second kappa shape index (κ2) is 7.61. The van der Waals surface area contributed by atoms with Crippen LogP contribution >= 0.6 is 0 Å². The van der Waals surface area contributed by atoms with E-state index in [1.165, 1.54) is 11.3 Å². The van der Waals surface area contributed by atoms with Gasteiger partial charge in [-0.2, -0.15) is 0 Å². The smallest absolute Gasteiger partial charge is 0.243 e. The molecule has 1 N–H and O–H groups in total. The number of aromatic nitrogens is 2. The van der Waals surface area contributed by atoms with Crippen molar-refractivity contribution in [2.75, 3.05) is 30.9 Å². The average Bonchev–Trinajstić information content (AvgIpc) is 3.11. The van der Waals surface area contributed by atoms with Crippen LogP contribution in [0.2, 0.25) is 0 Å². The molecular weight excluding hydrogens is 314 g/mol. The zero-order valence-corrected chi connectivity index (χ0v) is 15.0. The number of carbonyl (C=O) groups excluding carboxylic acids is 1. The Kier molecular flexibility index (Phi) is 5.28. The molecule has 6 nitrogen and oxygen atoms in total. The average molecular weight is 339 g/mol. The number of likely N-dealkylation sites (tertiary alicyclic amines) is 1. The lowest BCUT2D eigenvalue weighted by Crippen LogP contribution is -2.41. The van der Waals surface area contributed by atoms with Gasteiger partial charge in [0.2, 0.25) is 11.9 Å². The zero-order valence-electron chi connectivity index (χ0n) is 15.0. The van der Waals surface area contributed by atoms with Crippen molar-refractivity contribution in [2.24, 2.45) is 0 Å². The van der Waals surface area contributed by atoms with Crippen molar-refractivity contribution in [3.05, 3.63) is 48.3 Å². The van der Waals surface area contributed by atoms with E-state index in [1.54, 1.807) is 18.5 Å². The van der Waals surface area contributed by atoms with Crippen LogP contribution in [0, 0.1) is 0 Å². The van der Waals surface area contributed by atoms with Gasteiger partial charge in [0.05, 0.1) is 6.04 Å². The first kappa shape index (κ1) is 17.4. The van der Waals surface area contributed by atoms with Crippen LogP contribution < -0.4 is 10.2 Å². The maximum absolute atomic E-state index is 12.6. The Morgan fingerprint density at radius 1 is 1.28 bits per heavy atom. The molecule has 0 unspecified atom stereocenters. The third-order valence-corrected chi connectivity index (χ3v) is 4.74. The Balaban J connectivity index is 1.74. The summed E-state index contributed by atoms with van der Waals surface area (Å²) < 4.78 is 0. The van der Waals surface area contributed by atoms with Crippen molar-refractivity contribution in [1.82, 2.24) is 14.9 Å². The second-order valence-corrected chi connectivity index (χ2v) is 6.62. The van der Waals surface area contributed by atoms with E-state index in [9.17, 15) is 4.79 Å². The normalized spacial score (nSPS) is 18.8. The summed E-state index contributed by atoms with van der Waals surface area (Å²) in [6.45, 7) is 2.87. The highest BCUT2D eigenvalue weighted by atomic mass is 16.2. The Labute approximate surface area is 148 Å². The van der Waals surface area contributed by atoms with E-state index in [1.807, 2.05) is 21.0 Å². The number of carbonyl (C=O) groups is 1. The molecule has 0 aliphatic carbocycles. The van der Waals surface area contributed by atoms with Gasteiger partial charge in [0.15, 0.2) is 0 Å². The lowest BCUT2D eigenvalue weighted by molar-refractivity contribution is -0.121. The van der Waals surface area contributed by atoms with Crippen LogP contribution in [0.5, 0.6) is 0 Å². The number of nitrogens with one attached hydrogen (secondary N) is 1. The molecule has 1 fully saturated rings. The van der Waals surface area contributed by atoms with Crippen LogP contribution in [0.15, 0.2) is 42.7 Å². The third-order valence-electron chi connectivity index (χ3n) is 4.74. The fraction of sp³-hybridized carbons (Fsp3) is 0.421. The molecule has 0 spiro atoms. The molecule has 1 amide bonds. The van der Waals surface area contributed by atoms with E-state index in [0.717, 1.165) is 19.4 Å². The van der Waals surface area contributed by atoms with Crippen LogP contribution in [-0.2, 0) is 4.79 Å². The van der Waals surface area contributed by atoms with Crippen LogP contribution in [0.4, 0.5) is 11.6 Å². The molecule has 132 valence electrons. The predicted molar refractivity (Wildman–Crippen MR) is 99.6 cm³/mol. The van der Waals surface area contributed by atoms with Gasteiger partial charge in [0, 0.05) is 38.2 Å². The topological polar surface area (TPSA) is 61.4 Å². The maximum Gasteiger partial charge on any atom is 0.243 e. The first-order chi connectivity index (χ1) is 12.1. The van der Waals surface area contributed by atoms with Crippen LogP contribution in [0.1, 0.15) is 31.4 Å². The van der Waals surface area contributed by atoms with E-state index in [4.69, 9.17) is 0 Å². The number of anilines is 2. The van der Waals surface area contributed by atoms with Crippen molar-refractivity contribution in [3.8, 4) is 0 Å². The van der Waals surface area contributed by atoms with Gasteiger partial charge in [-0.25, -0.2) is 9.97 Å². The number of nitrogens with zero attached hydrogens (tertiary/aromatic N) is 4. The van der Waals surface area contributed by atoms with Crippen molar-refractivity contribution in [2.45, 2.75) is 31.8 Å². The number of benzene rings is 1. The molecule has 1 aliphatic heterocycles. The van der Waals surface area contributed by atoms with Gasteiger partial charge >= 0.3 is 0 Å². The van der Waals surface area contributed by atoms with Gasteiger partial charge in [-0.15, -0.1) is 0 Å². The van der Waals surface area contributed by atoms with E-state index in [2.05, 4.69) is 49.4 Å². The Morgan fingerprint density at radius 2 is 2.04 bits per heavy atom. The molecule has 1 aliphatic rings. The van der Waals surface area contributed by atoms with Crippen LogP contribution in [0.3, 0.4) is 0 Å². The molecule has 25 heavy (non-hydrogen) atoms. The molecular formula is C19H25N5O. The molecule has 0 radical (unpaired) electrons. The van der Waals surface area contributed by atoms with Crippen LogP contribution in [-0.4, -0.2) is 47.5 Å². The summed E-state index contributed by atoms with van der Waals surface area (Å²) in [6.07, 6.45) is 5.41. The molecule has 1 aromatic carbocycles. The molecule has 2 aromatic rings. The van der Waals surface area contributed by atoms with E-state index in [0.29, 0.717) is 5.95 Å². The highest BCUT2D eigenvalue weighted by Crippen LogP contribution is 2.35. The largest absolute Gasteiger partial charge is 0.378 e. The van der Waals surface area contributed by atoms with Crippen molar-refractivity contribution < 1.29 is 4.79 Å². The Bertz CT molecular complexity index is 719. The third kappa shape index (κ3) is 3.96. The Hall–Kier alpha value is -2.47. The minimum absolute atomic E-state index is 0.0677. The van der Waals surface area contributed by atoms with E-state index < -0.39 is 0 Å². The highest BCUT2D eigenvalue weighted by molar-refractivity contribution is 5.93. The summed E-state index contributed by atoms with van der Waals surface area (Å²) in [6, 6.07) is 10.3. The number of amides is 1. The molecule has 0 saturated carbocycles. The maximum atomic E-state index is 12.6. The summed E-state index contributed by atoms with van der Waals surface area (Å²) in [4.78, 5) is 25.1. The summed E-state index contributed by atoms with van der Waals surface area (Å²) in [5.41, 5.74) is 2.44. The number of rotatable bonds is 5. The molecule has 1 aromatic heterocycles. The molecule has 2 atom stereocenters. The standard InChI is InChI=1S/C19H25N5O/c1-14(18(25)22-19-20-10-6-11-21-19)24-12-5-9-17(24)15-7-4-8-16(13-15)23(2)3/h4,6-8,10-11,13-14,17H,5,9,12H2,1-3H3,(H,20,21,22,25)/t14-,17-/m0/s1. The summed E-state index contributed by atoms with van der Waals surface area (Å²) in [7, 11) is 4.09. The lowest BCUT2D eigenvalue weighted by Gasteiger charge is -2.30. The van der Waals surface area contributed by atoms with Gasteiger partial charge in [0.25, 0.3) is 0 Å². The van der Waals surface area contributed by atoms with E-state index >= 15 is 0 Å². The molecule has 0 bridgehead atoms. The van der Waals surface area contributed by atoms with Crippen molar-refractivity contribution in [3.63, 3.8) is 0 Å². The molecule has 1 saturated heterocycles. The highest BCUT2D eigenvalue weighted by Gasteiger charge is 2.33. The minimum atomic E-state index is -0.237. The first-order valence-corrected chi connectivity index (χ1v) is 8.67. The second-order valence-electron chi connectivity index (χ2n) is 6.62. The summed E-state index contributed by atoms with van der Waals surface area (Å²) in [5, 5.41) is 2.81. The quantitative estimate of drug-likeness (QED) is 0.907. The van der Waals surface area contributed by atoms with Gasteiger partial charge in [-0.1, -0.05) is 12.1 Å². The Morgan fingerprint density at radius 3 is 2.76 bits per heavy atom. The zero-order chi connectivity index (χ0) is 17.8. The number of hydrogen-bond acceptors (Lipinski definition) is 5. The van der Waals surface area contributed by atoms with Gasteiger partial charge in [-0.3, -0.25) is 15.0 Å². The monoisotopic (exact) mass is 339 g/mol.